The van der Waals surface area contributed by atoms with Crippen molar-refractivity contribution in [2.75, 3.05) is 5.32 Å². The van der Waals surface area contributed by atoms with Gasteiger partial charge in [0, 0.05) is 34.9 Å². The van der Waals surface area contributed by atoms with Gasteiger partial charge in [0.2, 0.25) is 0 Å². The van der Waals surface area contributed by atoms with Crippen LogP contribution in [0.25, 0.3) is 22.0 Å². The molecule has 0 amide bonds. The quantitative estimate of drug-likeness (QED) is 0.748. The zero-order chi connectivity index (χ0) is 18.1. The lowest BCUT2D eigenvalue weighted by molar-refractivity contribution is 0.214. The van der Waals surface area contributed by atoms with E-state index in [4.69, 9.17) is 5.73 Å². The molecule has 0 spiro atoms. The number of anilines is 1. The van der Waals surface area contributed by atoms with Gasteiger partial charge in [-0.15, -0.1) is 0 Å². The van der Waals surface area contributed by atoms with Crippen LogP contribution in [0.4, 0.5) is 5.82 Å². The Balaban J connectivity index is 1.65. The zero-order valence-corrected chi connectivity index (χ0v) is 15.3. The van der Waals surface area contributed by atoms with Crippen molar-refractivity contribution in [1.29, 1.82) is 0 Å². The van der Waals surface area contributed by atoms with E-state index in [2.05, 4.69) is 52.3 Å². The highest BCUT2D eigenvalue weighted by molar-refractivity contribution is 5.92. The van der Waals surface area contributed by atoms with Gasteiger partial charge in [-0.3, -0.25) is 4.98 Å². The summed E-state index contributed by atoms with van der Waals surface area (Å²) in [4.78, 5) is 13.2. The molecule has 0 bridgehead atoms. The predicted molar refractivity (Wildman–Crippen MR) is 106 cm³/mol. The molecule has 1 aliphatic rings. The molecule has 5 heteroatoms. The Bertz CT molecular complexity index is 907. The smallest absolute Gasteiger partial charge is 0.137 e. The fourth-order valence-electron chi connectivity index (χ4n) is 3.75. The fraction of sp³-hybridized carbons (Fsp3) is 0.381. The number of fused-ring (bicyclic) bond motifs is 1. The Kier molecular flexibility index (Phi) is 4.32. The van der Waals surface area contributed by atoms with Gasteiger partial charge in [-0.2, -0.15) is 0 Å². The second-order valence-corrected chi connectivity index (χ2v) is 7.72. The van der Waals surface area contributed by atoms with Crippen molar-refractivity contribution in [2.24, 2.45) is 11.7 Å². The molecule has 134 valence electrons. The molecular formula is C21H25N5. The number of nitrogens with zero attached hydrogens (tertiary/aromatic N) is 3. The molecule has 5 nitrogen and oxygen atoms in total. The molecule has 3 aromatic rings. The highest BCUT2D eigenvalue weighted by atomic mass is 15.0. The number of pyridine rings is 1. The predicted octanol–water partition coefficient (Wildman–Crippen LogP) is 4.01. The van der Waals surface area contributed by atoms with E-state index in [9.17, 15) is 0 Å². The van der Waals surface area contributed by atoms with E-state index in [0.717, 1.165) is 47.1 Å². The van der Waals surface area contributed by atoms with Crippen molar-refractivity contribution in [2.45, 2.75) is 44.7 Å². The molecule has 1 fully saturated rings. The first-order valence-corrected chi connectivity index (χ1v) is 9.23. The molecule has 1 saturated carbocycles. The number of nitrogens with one attached hydrogen (secondary N) is 1. The number of rotatable bonds is 3. The van der Waals surface area contributed by atoms with Crippen LogP contribution >= 0.6 is 0 Å². The maximum Gasteiger partial charge on any atom is 0.137 e. The van der Waals surface area contributed by atoms with E-state index in [-0.39, 0.29) is 5.54 Å². The fourth-order valence-corrected chi connectivity index (χ4v) is 3.75. The molecule has 3 atom stereocenters. The molecule has 3 unspecified atom stereocenters. The first-order valence-electron chi connectivity index (χ1n) is 9.23. The molecule has 0 saturated heterocycles. The average Bonchev–Trinajstić information content (AvgIpc) is 2.66. The zero-order valence-electron chi connectivity index (χ0n) is 15.3. The van der Waals surface area contributed by atoms with Gasteiger partial charge in [-0.05, 0) is 55.9 Å². The van der Waals surface area contributed by atoms with Crippen molar-refractivity contribution >= 4 is 16.7 Å². The van der Waals surface area contributed by atoms with Crippen molar-refractivity contribution in [3.63, 3.8) is 0 Å². The third-order valence-corrected chi connectivity index (χ3v) is 5.77. The lowest BCUT2D eigenvalue weighted by atomic mass is 9.73. The molecule has 2 heterocycles. The summed E-state index contributed by atoms with van der Waals surface area (Å²) in [6.45, 7) is 4.40. The minimum Gasteiger partial charge on any atom is -0.367 e. The van der Waals surface area contributed by atoms with Crippen molar-refractivity contribution < 1.29 is 0 Å². The van der Waals surface area contributed by atoms with E-state index in [1.807, 2.05) is 18.3 Å². The van der Waals surface area contributed by atoms with Crippen LogP contribution in [0.2, 0.25) is 0 Å². The van der Waals surface area contributed by atoms with Gasteiger partial charge >= 0.3 is 0 Å². The van der Waals surface area contributed by atoms with Crippen LogP contribution in [0.15, 0.2) is 49.1 Å². The topological polar surface area (TPSA) is 76.7 Å². The normalized spacial score (nSPS) is 26.0. The van der Waals surface area contributed by atoms with Gasteiger partial charge < -0.3 is 11.1 Å². The molecule has 0 radical (unpaired) electrons. The Morgan fingerprint density at radius 2 is 2.08 bits per heavy atom. The summed E-state index contributed by atoms with van der Waals surface area (Å²) in [5, 5.41) is 4.69. The third-order valence-electron chi connectivity index (χ3n) is 5.77. The summed E-state index contributed by atoms with van der Waals surface area (Å²) in [5.41, 5.74) is 9.48. The summed E-state index contributed by atoms with van der Waals surface area (Å²) in [6, 6.07) is 10.7. The minimum atomic E-state index is -0.0700. The molecule has 2 aromatic heterocycles. The van der Waals surface area contributed by atoms with E-state index >= 15 is 0 Å². The summed E-state index contributed by atoms with van der Waals surface area (Å²) in [5.74, 6) is 1.38. The monoisotopic (exact) mass is 347 g/mol. The highest BCUT2D eigenvalue weighted by Crippen LogP contribution is 2.34. The van der Waals surface area contributed by atoms with E-state index in [1.54, 1.807) is 12.5 Å². The maximum absolute atomic E-state index is 6.39. The van der Waals surface area contributed by atoms with Crippen LogP contribution in [0.1, 0.15) is 33.1 Å². The number of hydrogen-bond donors (Lipinski definition) is 2. The first kappa shape index (κ1) is 16.9. The van der Waals surface area contributed by atoms with Gasteiger partial charge in [-0.25, -0.2) is 9.97 Å². The maximum atomic E-state index is 6.39. The van der Waals surface area contributed by atoms with Gasteiger partial charge in [0.15, 0.2) is 0 Å². The Labute approximate surface area is 154 Å². The van der Waals surface area contributed by atoms with Gasteiger partial charge in [-0.1, -0.05) is 19.1 Å². The van der Waals surface area contributed by atoms with E-state index in [1.165, 1.54) is 0 Å². The number of aromatic nitrogens is 3. The summed E-state index contributed by atoms with van der Waals surface area (Å²) >= 11 is 0. The molecule has 4 rings (SSSR count). The summed E-state index contributed by atoms with van der Waals surface area (Å²) in [6.07, 6.45) is 8.44. The van der Waals surface area contributed by atoms with Crippen molar-refractivity contribution in [3.05, 3.63) is 49.1 Å². The Hall–Kier alpha value is -2.53. The van der Waals surface area contributed by atoms with Crippen LogP contribution in [-0.2, 0) is 0 Å². The standard InChI is InChI=1S/C21H25N5/c1-14-10-17(7-8-21(14,2)22)26-20-18-11-15(16-4-3-9-23-12-16)5-6-19(18)24-13-25-20/h3-6,9,11-14,17H,7-8,10,22H2,1-2H3,(H,24,25,26). The minimum absolute atomic E-state index is 0.0700. The lowest BCUT2D eigenvalue weighted by Crippen LogP contribution is -2.49. The van der Waals surface area contributed by atoms with Crippen LogP contribution in [0.3, 0.4) is 0 Å². The molecule has 26 heavy (non-hydrogen) atoms. The molecule has 1 aliphatic carbocycles. The van der Waals surface area contributed by atoms with Gasteiger partial charge in [0.25, 0.3) is 0 Å². The molecule has 3 N–H and O–H groups in total. The van der Waals surface area contributed by atoms with Gasteiger partial charge in [0.05, 0.1) is 5.52 Å². The van der Waals surface area contributed by atoms with Gasteiger partial charge in [0.1, 0.15) is 12.1 Å². The lowest BCUT2D eigenvalue weighted by Gasteiger charge is -2.40. The second kappa shape index (κ2) is 6.65. The van der Waals surface area contributed by atoms with Crippen molar-refractivity contribution in [3.8, 4) is 11.1 Å². The largest absolute Gasteiger partial charge is 0.367 e. The third kappa shape index (κ3) is 3.27. The SMILES string of the molecule is CC1CC(Nc2ncnc3ccc(-c4cccnc4)cc23)CCC1(C)N. The van der Waals surface area contributed by atoms with Crippen LogP contribution in [-0.4, -0.2) is 26.5 Å². The Morgan fingerprint density at radius 1 is 1.19 bits per heavy atom. The molecule has 0 aliphatic heterocycles. The van der Waals surface area contributed by atoms with Crippen LogP contribution < -0.4 is 11.1 Å². The van der Waals surface area contributed by atoms with Crippen LogP contribution in [0.5, 0.6) is 0 Å². The van der Waals surface area contributed by atoms with Crippen molar-refractivity contribution in [1.82, 2.24) is 15.0 Å². The van der Waals surface area contributed by atoms with Crippen LogP contribution in [0, 0.1) is 5.92 Å². The Morgan fingerprint density at radius 3 is 2.85 bits per heavy atom. The van der Waals surface area contributed by atoms with E-state index in [0.29, 0.717) is 12.0 Å². The highest BCUT2D eigenvalue weighted by Gasteiger charge is 2.34. The number of benzene rings is 1. The summed E-state index contributed by atoms with van der Waals surface area (Å²) in [7, 11) is 0. The average molecular weight is 347 g/mol. The number of nitrogens with two attached hydrogens (primary N) is 1. The van der Waals surface area contributed by atoms with E-state index < -0.39 is 0 Å². The molecular weight excluding hydrogens is 322 g/mol. The summed E-state index contributed by atoms with van der Waals surface area (Å²) < 4.78 is 0. The molecule has 1 aromatic carbocycles. The number of hydrogen-bond acceptors (Lipinski definition) is 5. The second-order valence-electron chi connectivity index (χ2n) is 7.72. The first-order chi connectivity index (χ1) is 12.5.